The molecule has 4 heteroatoms. The smallest absolute Gasteiger partial charge is 0.307 e. The van der Waals surface area contributed by atoms with Crippen molar-refractivity contribution < 1.29 is 9.21 Å². The molecule has 0 unspecified atom stereocenters. The van der Waals surface area contributed by atoms with E-state index in [4.69, 9.17) is 4.42 Å². The number of hydrogen-bond donors (Lipinski definition) is 1. The number of nitrogens with one attached hydrogen (secondary N) is 1. The summed E-state index contributed by atoms with van der Waals surface area (Å²) in [5, 5.41) is 4.13. The Kier molecular flexibility index (Phi) is 3.39. The maximum Gasteiger partial charge on any atom is 0.307 e. The Morgan fingerprint density at radius 1 is 1.31 bits per heavy atom. The lowest BCUT2D eigenvalue weighted by Gasteiger charge is -2.11. The van der Waals surface area contributed by atoms with Crippen LogP contribution in [0, 0.1) is 6.92 Å². The first-order chi connectivity index (χ1) is 7.75. The summed E-state index contributed by atoms with van der Waals surface area (Å²) in [4.78, 5) is 11.6. The maximum atomic E-state index is 11.6. The zero-order valence-corrected chi connectivity index (χ0v) is 9.45. The Hall–Kier alpha value is -1.58. The first kappa shape index (κ1) is 10.9. The van der Waals surface area contributed by atoms with E-state index in [1.807, 2.05) is 6.92 Å². The van der Waals surface area contributed by atoms with Crippen LogP contribution in [0.5, 0.6) is 0 Å². The number of furan rings is 1. The van der Waals surface area contributed by atoms with Gasteiger partial charge < -0.3 is 4.42 Å². The molecule has 0 aromatic carbocycles. The number of hydrazone groups is 1. The van der Waals surface area contributed by atoms with Crippen LogP contribution in [0.3, 0.4) is 0 Å². The van der Waals surface area contributed by atoms with E-state index >= 15 is 0 Å². The van der Waals surface area contributed by atoms with Crippen molar-refractivity contribution in [2.75, 3.05) is 0 Å². The van der Waals surface area contributed by atoms with Crippen LogP contribution in [-0.2, 0) is 0 Å². The van der Waals surface area contributed by atoms with Crippen LogP contribution in [0.4, 0.5) is 0 Å². The van der Waals surface area contributed by atoms with Gasteiger partial charge in [-0.15, -0.1) is 0 Å². The predicted molar refractivity (Wildman–Crippen MR) is 61.4 cm³/mol. The van der Waals surface area contributed by atoms with E-state index < -0.39 is 0 Å². The van der Waals surface area contributed by atoms with Gasteiger partial charge in [0.15, 0.2) is 5.76 Å². The van der Waals surface area contributed by atoms with Crippen molar-refractivity contribution in [3.8, 4) is 0 Å². The summed E-state index contributed by atoms with van der Waals surface area (Å²) in [6.07, 6.45) is 5.61. The van der Waals surface area contributed by atoms with Gasteiger partial charge in [0, 0.05) is 5.71 Å². The van der Waals surface area contributed by atoms with Crippen LogP contribution in [0.15, 0.2) is 21.7 Å². The number of nitrogens with zero attached hydrogens (tertiary/aromatic N) is 1. The van der Waals surface area contributed by atoms with Gasteiger partial charge in [-0.3, -0.25) is 4.79 Å². The minimum absolute atomic E-state index is 0.272. The standard InChI is InChI=1S/C12H16N2O2/c1-9-7-8-11(16-9)12(15)14-13-10-5-3-2-4-6-10/h7-8H,2-6H2,1H3,(H,14,15). The fourth-order valence-corrected chi connectivity index (χ4v) is 1.81. The van der Waals surface area contributed by atoms with E-state index in [0.29, 0.717) is 5.76 Å². The molecule has 1 aliphatic carbocycles. The van der Waals surface area contributed by atoms with E-state index in [1.54, 1.807) is 12.1 Å². The van der Waals surface area contributed by atoms with Crippen LogP contribution < -0.4 is 5.43 Å². The molecule has 1 amide bonds. The zero-order valence-electron chi connectivity index (χ0n) is 9.45. The topological polar surface area (TPSA) is 54.6 Å². The molecule has 2 rings (SSSR count). The van der Waals surface area contributed by atoms with Gasteiger partial charge in [-0.2, -0.15) is 5.10 Å². The molecule has 0 atom stereocenters. The average Bonchev–Trinajstić information content (AvgIpc) is 2.74. The number of carbonyl (C=O) groups is 1. The number of carbonyl (C=O) groups excluding carboxylic acids is 1. The minimum Gasteiger partial charge on any atom is -0.456 e. The summed E-state index contributed by atoms with van der Waals surface area (Å²) in [5.41, 5.74) is 3.62. The van der Waals surface area contributed by atoms with Gasteiger partial charge >= 0.3 is 5.91 Å². The largest absolute Gasteiger partial charge is 0.456 e. The summed E-state index contributed by atoms with van der Waals surface area (Å²) in [6.45, 7) is 1.81. The SMILES string of the molecule is Cc1ccc(C(=O)NN=C2CCCCC2)o1. The van der Waals surface area contributed by atoms with Crippen LogP contribution in [-0.4, -0.2) is 11.6 Å². The van der Waals surface area contributed by atoms with E-state index in [0.717, 1.165) is 24.3 Å². The van der Waals surface area contributed by atoms with Crippen molar-refractivity contribution in [3.05, 3.63) is 23.7 Å². The fourth-order valence-electron chi connectivity index (χ4n) is 1.81. The average molecular weight is 220 g/mol. The summed E-state index contributed by atoms with van der Waals surface area (Å²) in [7, 11) is 0. The fraction of sp³-hybridized carbons (Fsp3) is 0.500. The summed E-state index contributed by atoms with van der Waals surface area (Å²) >= 11 is 0. The molecular formula is C12H16N2O2. The molecule has 1 aromatic heterocycles. The molecule has 0 saturated heterocycles. The number of hydrogen-bond acceptors (Lipinski definition) is 3. The van der Waals surface area contributed by atoms with Crippen LogP contribution in [0.2, 0.25) is 0 Å². The summed E-state index contributed by atoms with van der Waals surface area (Å²) in [5.74, 6) is 0.777. The highest BCUT2D eigenvalue weighted by molar-refractivity contribution is 5.93. The molecule has 1 aromatic rings. The van der Waals surface area contributed by atoms with Crippen LogP contribution >= 0.6 is 0 Å². The van der Waals surface area contributed by atoms with Crippen LogP contribution in [0.1, 0.15) is 48.4 Å². The normalized spacial score (nSPS) is 15.9. The lowest BCUT2D eigenvalue weighted by atomic mass is 9.99. The highest BCUT2D eigenvalue weighted by Crippen LogP contribution is 2.14. The zero-order chi connectivity index (χ0) is 11.4. The third-order valence-electron chi connectivity index (χ3n) is 2.71. The summed E-state index contributed by atoms with van der Waals surface area (Å²) in [6, 6.07) is 3.42. The molecule has 1 fully saturated rings. The quantitative estimate of drug-likeness (QED) is 0.779. The molecular weight excluding hydrogens is 204 g/mol. The first-order valence-corrected chi connectivity index (χ1v) is 5.68. The number of aryl methyl sites for hydroxylation is 1. The molecule has 1 heterocycles. The molecule has 0 bridgehead atoms. The highest BCUT2D eigenvalue weighted by Gasteiger charge is 2.10. The Balaban J connectivity index is 1.92. The molecule has 0 radical (unpaired) electrons. The second-order valence-electron chi connectivity index (χ2n) is 4.09. The van der Waals surface area contributed by atoms with Gasteiger partial charge in [0.1, 0.15) is 5.76 Å². The van der Waals surface area contributed by atoms with Gasteiger partial charge in [-0.25, -0.2) is 5.43 Å². The Morgan fingerprint density at radius 2 is 2.06 bits per heavy atom. The second kappa shape index (κ2) is 4.96. The van der Waals surface area contributed by atoms with Crippen molar-refractivity contribution in [1.82, 2.24) is 5.43 Å². The van der Waals surface area contributed by atoms with Gasteiger partial charge in [0.05, 0.1) is 0 Å². The first-order valence-electron chi connectivity index (χ1n) is 5.68. The van der Waals surface area contributed by atoms with E-state index in [2.05, 4.69) is 10.5 Å². The van der Waals surface area contributed by atoms with E-state index in [-0.39, 0.29) is 5.91 Å². The van der Waals surface area contributed by atoms with Crippen molar-refractivity contribution in [3.63, 3.8) is 0 Å². The molecule has 1 aliphatic rings. The van der Waals surface area contributed by atoms with E-state index in [1.165, 1.54) is 19.3 Å². The monoisotopic (exact) mass is 220 g/mol. The second-order valence-corrected chi connectivity index (χ2v) is 4.09. The van der Waals surface area contributed by atoms with Crippen molar-refractivity contribution in [2.45, 2.75) is 39.0 Å². The molecule has 1 N–H and O–H groups in total. The Bertz CT molecular complexity index is 399. The molecule has 4 nitrogen and oxygen atoms in total. The van der Waals surface area contributed by atoms with Gasteiger partial charge in [0.25, 0.3) is 0 Å². The molecule has 86 valence electrons. The Labute approximate surface area is 94.7 Å². The van der Waals surface area contributed by atoms with Gasteiger partial charge in [-0.05, 0) is 44.7 Å². The van der Waals surface area contributed by atoms with Crippen molar-refractivity contribution in [2.24, 2.45) is 5.10 Å². The van der Waals surface area contributed by atoms with Crippen LogP contribution in [0.25, 0.3) is 0 Å². The molecule has 0 aliphatic heterocycles. The van der Waals surface area contributed by atoms with Crippen molar-refractivity contribution in [1.29, 1.82) is 0 Å². The number of amides is 1. The third kappa shape index (κ3) is 2.72. The summed E-state index contributed by atoms with van der Waals surface area (Å²) < 4.78 is 5.20. The molecule has 1 saturated carbocycles. The number of rotatable bonds is 2. The molecule has 0 spiro atoms. The van der Waals surface area contributed by atoms with Crippen molar-refractivity contribution >= 4 is 11.6 Å². The lowest BCUT2D eigenvalue weighted by Crippen LogP contribution is -2.20. The maximum absolute atomic E-state index is 11.6. The van der Waals surface area contributed by atoms with Gasteiger partial charge in [0.2, 0.25) is 0 Å². The van der Waals surface area contributed by atoms with Gasteiger partial charge in [-0.1, -0.05) is 6.42 Å². The highest BCUT2D eigenvalue weighted by atomic mass is 16.3. The lowest BCUT2D eigenvalue weighted by molar-refractivity contribution is 0.0925. The Morgan fingerprint density at radius 3 is 2.69 bits per heavy atom. The molecule has 16 heavy (non-hydrogen) atoms. The predicted octanol–water partition coefficient (Wildman–Crippen LogP) is 2.64. The third-order valence-corrected chi connectivity index (χ3v) is 2.71. The minimum atomic E-state index is -0.272. The van der Waals surface area contributed by atoms with E-state index in [9.17, 15) is 4.79 Å².